The number of hydrogen-bond acceptors (Lipinski definition) is 11. The van der Waals surface area contributed by atoms with Crippen LogP contribution in [0.3, 0.4) is 0 Å². The third-order valence-corrected chi connectivity index (χ3v) is 3.98. The molecule has 0 amide bonds. The molecule has 10 atom stereocenters. The Morgan fingerprint density at radius 2 is 1.26 bits per heavy atom. The molecule has 0 aromatic carbocycles. The first-order chi connectivity index (χ1) is 10.8. The zero-order valence-electron chi connectivity index (χ0n) is 12.0. The van der Waals surface area contributed by atoms with Crippen LogP contribution in [-0.2, 0) is 14.2 Å². The van der Waals surface area contributed by atoms with Gasteiger partial charge in [0.05, 0.1) is 13.2 Å². The Balaban J connectivity index is 2.11. The second-order valence-corrected chi connectivity index (χ2v) is 5.53. The lowest BCUT2D eigenvalue weighted by molar-refractivity contribution is -0.355. The molecule has 0 radical (unpaired) electrons. The molecule has 0 aromatic heterocycles. The average Bonchev–Trinajstić information content (AvgIpc) is 2.55. The first-order valence-electron chi connectivity index (χ1n) is 7.08. The number of aliphatic hydroxyl groups excluding tert-OH is 8. The first-order valence-corrected chi connectivity index (χ1v) is 7.08. The molecule has 0 spiro atoms. The fourth-order valence-electron chi connectivity index (χ4n) is 2.57. The van der Waals surface area contributed by atoms with Gasteiger partial charge in [0, 0.05) is 0 Å². The van der Waals surface area contributed by atoms with Crippen LogP contribution < -0.4 is 0 Å². The van der Waals surface area contributed by atoms with Gasteiger partial charge in [-0.1, -0.05) is 0 Å². The molecule has 23 heavy (non-hydrogen) atoms. The Bertz CT molecular complexity index is 378. The van der Waals surface area contributed by atoms with E-state index in [4.69, 9.17) is 19.3 Å². The summed E-state index contributed by atoms with van der Waals surface area (Å²) in [5.41, 5.74) is 0. The van der Waals surface area contributed by atoms with Crippen molar-refractivity contribution in [1.82, 2.24) is 0 Å². The SMILES string of the molecule is OCC1OC(OC2[C@H](O)C(O)[C@H](O)O[C@@H]2CO)[C@H](O)C(O)C1O. The van der Waals surface area contributed by atoms with E-state index >= 15 is 0 Å². The Kier molecular flexibility index (Phi) is 6.27. The highest BCUT2D eigenvalue weighted by Gasteiger charge is 2.50. The van der Waals surface area contributed by atoms with Crippen LogP contribution in [0.1, 0.15) is 0 Å². The normalized spacial score (nSPS) is 51.7. The molecule has 2 fully saturated rings. The summed E-state index contributed by atoms with van der Waals surface area (Å²) >= 11 is 0. The summed E-state index contributed by atoms with van der Waals surface area (Å²) < 4.78 is 15.3. The molecule has 0 aliphatic carbocycles. The summed E-state index contributed by atoms with van der Waals surface area (Å²) in [7, 11) is 0. The van der Waals surface area contributed by atoms with Crippen LogP contribution in [0.15, 0.2) is 0 Å². The molecule has 2 aliphatic rings. The lowest BCUT2D eigenvalue weighted by Crippen LogP contribution is -2.64. The minimum atomic E-state index is -1.74. The van der Waals surface area contributed by atoms with Crippen molar-refractivity contribution in [1.29, 1.82) is 0 Å². The molecular weight excluding hydrogens is 320 g/mol. The molecule has 0 saturated carbocycles. The van der Waals surface area contributed by atoms with Gasteiger partial charge in [0.1, 0.15) is 48.8 Å². The van der Waals surface area contributed by atoms with Gasteiger partial charge in [-0.25, -0.2) is 0 Å². The van der Waals surface area contributed by atoms with E-state index in [0.29, 0.717) is 0 Å². The monoisotopic (exact) mass is 342 g/mol. The second kappa shape index (κ2) is 7.63. The molecule has 11 heteroatoms. The van der Waals surface area contributed by atoms with Gasteiger partial charge in [-0.15, -0.1) is 0 Å². The lowest BCUT2D eigenvalue weighted by Gasteiger charge is -2.45. The number of rotatable bonds is 4. The standard InChI is InChI=1S/C12H22O11/c13-1-3-5(15)6(16)9(19)12(22-3)23-10-4(2-14)21-11(20)8(18)7(10)17/h3-20H,1-2H2/t3?,4-,5?,6?,7-,8?,9-,10?,11-,12?/m1/s1. The van der Waals surface area contributed by atoms with Gasteiger partial charge in [0.25, 0.3) is 0 Å². The predicted octanol–water partition coefficient (Wildman–Crippen LogP) is -5.40. The van der Waals surface area contributed by atoms with Gasteiger partial charge >= 0.3 is 0 Å². The van der Waals surface area contributed by atoms with Gasteiger partial charge in [-0.05, 0) is 0 Å². The van der Waals surface area contributed by atoms with Crippen LogP contribution in [0.25, 0.3) is 0 Å². The van der Waals surface area contributed by atoms with Crippen molar-refractivity contribution in [2.75, 3.05) is 13.2 Å². The van der Waals surface area contributed by atoms with Crippen LogP contribution in [0.4, 0.5) is 0 Å². The Morgan fingerprint density at radius 1 is 0.652 bits per heavy atom. The lowest BCUT2D eigenvalue weighted by atomic mass is 9.97. The molecule has 136 valence electrons. The number of aliphatic hydroxyl groups is 8. The van der Waals surface area contributed by atoms with Gasteiger partial charge in [-0.2, -0.15) is 0 Å². The molecule has 11 nitrogen and oxygen atoms in total. The van der Waals surface area contributed by atoms with E-state index in [1.807, 2.05) is 0 Å². The van der Waals surface area contributed by atoms with Crippen molar-refractivity contribution in [2.24, 2.45) is 0 Å². The van der Waals surface area contributed by atoms with Crippen LogP contribution >= 0.6 is 0 Å². The van der Waals surface area contributed by atoms with Crippen molar-refractivity contribution < 1.29 is 55.1 Å². The highest BCUT2D eigenvalue weighted by Crippen LogP contribution is 2.28. The van der Waals surface area contributed by atoms with E-state index in [0.717, 1.165) is 0 Å². The maximum atomic E-state index is 9.94. The van der Waals surface area contributed by atoms with E-state index in [9.17, 15) is 35.7 Å². The van der Waals surface area contributed by atoms with E-state index in [1.54, 1.807) is 0 Å². The van der Waals surface area contributed by atoms with E-state index in [2.05, 4.69) is 0 Å². The molecule has 2 saturated heterocycles. The molecule has 8 N–H and O–H groups in total. The molecular formula is C12H22O11. The molecule has 2 rings (SSSR count). The highest BCUT2D eigenvalue weighted by molar-refractivity contribution is 4.93. The fraction of sp³-hybridized carbons (Fsp3) is 1.00. The van der Waals surface area contributed by atoms with Gasteiger partial charge in [-0.3, -0.25) is 0 Å². The third kappa shape index (κ3) is 3.65. The maximum Gasteiger partial charge on any atom is 0.187 e. The van der Waals surface area contributed by atoms with Crippen molar-refractivity contribution in [3.63, 3.8) is 0 Å². The van der Waals surface area contributed by atoms with Gasteiger partial charge in [0.15, 0.2) is 12.6 Å². The van der Waals surface area contributed by atoms with Crippen molar-refractivity contribution in [2.45, 2.75) is 61.4 Å². The average molecular weight is 342 g/mol. The summed E-state index contributed by atoms with van der Waals surface area (Å²) in [6.07, 6.45) is -15.6. The predicted molar refractivity (Wildman–Crippen MR) is 68.6 cm³/mol. The summed E-state index contributed by atoms with van der Waals surface area (Å²) in [5, 5.41) is 76.5. The summed E-state index contributed by atoms with van der Waals surface area (Å²) in [4.78, 5) is 0. The van der Waals surface area contributed by atoms with Crippen molar-refractivity contribution in [3.05, 3.63) is 0 Å². The minimum Gasteiger partial charge on any atom is -0.394 e. The number of ether oxygens (including phenoxy) is 3. The van der Waals surface area contributed by atoms with E-state index < -0.39 is 74.6 Å². The van der Waals surface area contributed by atoms with Crippen LogP contribution in [0.5, 0.6) is 0 Å². The zero-order chi connectivity index (χ0) is 17.3. The van der Waals surface area contributed by atoms with Gasteiger partial charge in [0.2, 0.25) is 0 Å². The minimum absolute atomic E-state index is 0.667. The molecule has 2 heterocycles. The van der Waals surface area contributed by atoms with E-state index in [1.165, 1.54) is 0 Å². The molecule has 0 aromatic rings. The Morgan fingerprint density at radius 3 is 1.83 bits per heavy atom. The molecule has 2 aliphatic heterocycles. The topological polar surface area (TPSA) is 190 Å². The fourth-order valence-corrected chi connectivity index (χ4v) is 2.57. The van der Waals surface area contributed by atoms with Crippen molar-refractivity contribution in [3.8, 4) is 0 Å². The van der Waals surface area contributed by atoms with Gasteiger partial charge < -0.3 is 55.1 Å². The van der Waals surface area contributed by atoms with E-state index in [-0.39, 0.29) is 0 Å². The molecule has 0 bridgehead atoms. The van der Waals surface area contributed by atoms with Crippen LogP contribution in [0, 0.1) is 0 Å². The quantitative estimate of drug-likeness (QED) is 0.243. The largest absolute Gasteiger partial charge is 0.394 e. The Labute approximate surface area is 130 Å². The highest BCUT2D eigenvalue weighted by atomic mass is 16.7. The van der Waals surface area contributed by atoms with Crippen molar-refractivity contribution >= 4 is 0 Å². The maximum absolute atomic E-state index is 9.94. The zero-order valence-corrected chi connectivity index (χ0v) is 12.0. The first kappa shape index (κ1) is 18.9. The number of hydrogen-bond donors (Lipinski definition) is 8. The summed E-state index contributed by atoms with van der Waals surface area (Å²) in [6, 6.07) is 0. The van der Waals surface area contributed by atoms with Crippen LogP contribution in [0.2, 0.25) is 0 Å². The van der Waals surface area contributed by atoms with Crippen LogP contribution in [-0.4, -0.2) is 115 Å². The second-order valence-electron chi connectivity index (χ2n) is 5.53. The molecule has 6 unspecified atom stereocenters. The smallest absolute Gasteiger partial charge is 0.187 e. The summed E-state index contributed by atoms with van der Waals surface area (Å²) in [5.74, 6) is 0. The third-order valence-electron chi connectivity index (χ3n) is 3.98. The summed E-state index contributed by atoms with van der Waals surface area (Å²) in [6.45, 7) is -1.35. The Hall–Kier alpha value is -0.440.